The number of hydrogen-bond donors (Lipinski definition) is 1. The molecular weight excluding hydrogens is 252 g/mol. The van der Waals surface area contributed by atoms with Crippen molar-refractivity contribution in [2.75, 3.05) is 26.2 Å². The molecule has 3 saturated heterocycles. The van der Waals surface area contributed by atoms with E-state index in [2.05, 4.69) is 31.0 Å². The number of nitrogens with one attached hydrogen (secondary N) is 1. The summed E-state index contributed by atoms with van der Waals surface area (Å²) in [5.41, 5.74) is 0.185. The molecule has 1 N–H and O–H groups in total. The summed E-state index contributed by atoms with van der Waals surface area (Å²) in [5.74, 6) is 0. The highest BCUT2D eigenvalue weighted by Gasteiger charge is 2.36. The van der Waals surface area contributed by atoms with Gasteiger partial charge in [-0.2, -0.15) is 0 Å². The molecule has 0 aromatic rings. The molecule has 0 amide bonds. The SMILES string of the molecule is CC(C)(C)NCC1CCC(CN2CC3CCC(C2)O3)O1. The van der Waals surface area contributed by atoms with Crippen molar-refractivity contribution in [2.45, 2.75) is 76.4 Å². The van der Waals surface area contributed by atoms with Gasteiger partial charge in [-0.15, -0.1) is 0 Å². The van der Waals surface area contributed by atoms with Crippen LogP contribution < -0.4 is 5.32 Å². The molecule has 116 valence electrons. The van der Waals surface area contributed by atoms with Gasteiger partial charge in [0.05, 0.1) is 24.4 Å². The number of likely N-dealkylation sites (tertiary alicyclic amines) is 1. The monoisotopic (exact) mass is 282 g/mol. The maximum atomic E-state index is 6.21. The molecule has 0 saturated carbocycles. The van der Waals surface area contributed by atoms with Crippen molar-refractivity contribution in [3.05, 3.63) is 0 Å². The van der Waals surface area contributed by atoms with E-state index in [0.29, 0.717) is 24.4 Å². The molecule has 0 aliphatic carbocycles. The first-order valence-corrected chi connectivity index (χ1v) is 8.26. The molecule has 0 aromatic carbocycles. The van der Waals surface area contributed by atoms with Gasteiger partial charge in [-0.3, -0.25) is 4.90 Å². The van der Waals surface area contributed by atoms with Gasteiger partial charge < -0.3 is 14.8 Å². The summed E-state index contributed by atoms with van der Waals surface area (Å²) in [5, 5.41) is 3.55. The Morgan fingerprint density at radius 2 is 1.60 bits per heavy atom. The van der Waals surface area contributed by atoms with Crippen molar-refractivity contribution in [2.24, 2.45) is 0 Å². The van der Waals surface area contributed by atoms with Crippen LogP contribution >= 0.6 is 0 Å². The zero-order chi connectivity index (χ0) is 14.2. The van der Waals surface area contributed by atoms with Crippen LogP contribution in [0.3, 0.4) is 0 Å². The first-order valence-electron chi connectivity index (χ1n) is 8.26. The molecule has 3 fully saturated rings. The first kappa shape index (κ1) is 14.8. The number of rotatable bonds is 4. The third kappa shape index (κ3) is 3.94. The third-order valence-corrected chi connectivity index (χ3v) is 4.64. The second-order valence-corrected chi connectivity index (χ2v) is 7.76. The van der Waals surface area contributed by atoms with E-state index in [1.807, 2.05) is 0 Å². The molecule has 0 spiro atoms. The zero-order valence-corrected chi connectivity index (χ0v) is 13.2. The van der Waals surface area contributed by atoms with Crippen molar-refractivity contribution >= 4 is 0 Å². The first-order chi connectivity index (χ1) is 9.48. The van der Waals surface area contributed by atoms with Crippen LogP contribution in [0.5, 0.6) is 0 Å². The molecule has 4 atom stereocenters. The van der Waals surface area contributed by atoms with Crippen molar-refractivity contribution < 1.29 is 9.47 Å². The van der Waals surface area contributed by atoms with Gasteiger partial charge >= 0.3 is 0 Å². The Morgan fingerprint density at radius 3 is 2.25 bits per heavy atom. The molecular formula is C16H30N2O2. The number of fused-ring (bicyclic) bond motifs is 2. The van der Waals surface area contributed by atoms with Crippen LogP contribution in [0, 0.1) is 0 Å². The van der Waals surface area contributed by atoms with Crippen molar-refractivity contribution in [1.29, 1.82) is 0 Å². The molecule has 3 heterocycles. The smallest absolute Gasteiger partial charge is 0.0707 e. The van der Waals surface area contributed by atoms with Crippen LogP contribution in [0.15, 0.2) is 0 Å². The summed E-state index contributed by atoms with van der Waals surface area (Å²) in [4.78, 5) is 2.57. The maximum absolute atomic E-state index is 6.21. The molecule has 3 aliphatic heterocycles. The molecule has 3 rings (SSSR count). The van der Waals surface area contributed by atoms with Gasteiger partial charge in [0.1, 0.15) is 0 Å². The van der Waals surface area contributed by atoms with E-state index in [4.69, 9.17) is 9.47 Å². The highest BCUT2D eigenvalue weighted by molar-refractivity contribution is 4.87. The quantitative estimate of drug-likeness (QED) is 0.852. The highest BCUT2D eigenvalue weighted by Crippen LogP contribution is 2.28. The van der Waals surface area contributed by atoms with Gasteiger partial charge in [-0.05, 0) is 46.5 Å². The summed E-state index contributed by atoms with van der Waals surface area (Å²) in [6.45, 7) is 10.9. The lowest BCUT2D eigenvalue weighted by Gasteiger charge is -2.33. The molecule has 4 heteroatoms. The molecule has 4 unspecified atom stereocenters. The van der Waals surface area contributed by atoms with Crippen molar-refractivity contribution in [1.82, 2.24) is 10.2 Å². The van der Waals surface area contributed by atoms with Crippen LogP contribution in [0.25, 0.3) is 0 Å². The third-order valence-electron chi connectivity index (χ3n) is 4.64. The zero-order valence-electron chi connectivity index (χ0n) is 13.2. The molecule has 0 aromatic heterocycles. The average Bonchev–Trinajstić information content (AvgIpc) is 2.93. The average molecular weight is 282 g/mol. The predicted octanol–water partition coefficient (Wildman–Crippen LogP) is 1.79. The Morgan fingerprint density at radius 1 is 0.950 bits per heavy atom. The lowest BCUT2D eigenvalue weighted by atomic mass is 10.1. The Bertz CT molecular complexity index is 317. The van der Waals surface area contributed by atoms with Gasteiger partial charge in [0.25, 0.3) is 0 Å². The van der Waals surface area contributed by atoms with Gasteiger partial charge in [0.15, 0.2) is 0 Å². The lowest BCUT2D eigenvalue weighted by molar-refractivity contribution is -0.0574. The van der Waals surface area contributed by atoms with E-state index >= 15 is 0 Å². The van der Waals surface area contributed by atoms with Gasteiger partial charge in [0, 0.05) is 31.7 Å². The largest absolute Gasteiger partial charge is 0.372 e. The Labute approximate surface area is 123 Å². The summed E-state index contributed by atoms with van der Waals surface area (Å²) < 4.78 is 12.1. The van der Waals surface area contributed by atoms with Crippen LogP contribution in [0.4, 0.5) is 0 Å². The minimum atomic E-state index is 0.185. The Balaban J connectivity index is 1.39. The van der Waals surface area contributed by atoms with E-state index in [0.717, 1.165) is 26.2 Å². The molecule has 4 nitrogen and oxygen atoms in total. The molecule has 2 bridgehead atoms. The molecule has 20 heavy (non-hydrogen) atoms. The van der Waals surface area contributed by atoms with E-state index in [9.17, 15) is 0 Å². The van der Waals surface area contributed by atoms with Gasteiger partial charge in [0.2, 0.25) is 0 Å². The number of hydrogen-bond acceptors (Lipinski definition) is 4. The van der Waals surface area contributed by atoms with E-state index in [1.54, 1.807) is 0 Å². The summed E-state index contributed by atoms with van der Waals surface area (Å²) in [7, 11) is 0. The van der Waals surface area contributed by atoms with Crippen LogP contribution in [-0.2, 0) is 9.47 Å². The summed E-state index contributed by atoms with van der Waals surface area (Å²) in [6.07, 6.45) is 6.74. The predicted molar refractivity (Wildman–Crippen MR) is 80.0 cm³/mol. The normalized spacial score (nSPS) is 38.5. The maximum Gasteiger partial charge on any atom is 0.0707 e. The second kappa shape index (κ2) is 5.91. The molecule has 0 radical (unpaired) electrons. The fourth-order valence-corrected chi connectivity index (χ4v) is 3.62. The lowest BCUT2D eigenvalue weighted by Crippen LogP contribution is -2.46. The summed E-state index contributed by atoms with van der Waals surface area (Å²) in [6, 6.07) is 0. The fraction of sp³-hybridized carbons (Fsp3) is 1.00. The fourth-order valence-electron chi connectivity index (χ4n) is 3.62. The van der Waals surface area contributed by atoms with Crippen LogP contribution in [-0.4, -0.2) is 61.0 Å². The van der Waals surface area contributed by atoms with Crippen LogP contribution in [0.1, 0.15) is 46.5 Å². The number of ether oxygens (including phenoxy) is 2. The van der Waals surface area contributed by atoms with E-state index in [-0.39, 0.29) is 5.54 Å². The summed E-state index contributed by atoms with van der Waals surface area (Å²) >= 11 is 0. The number of morpholine rings is 1. The topological polar surface area (TPSA) is 33.7 Å². The minimum absolute atomic E-state index is 0.185. The molecule has 3 aliphatic rings. The highest BCUT2D eigenvalue weighted by atomic mass is 16.5. The minimum Gasteiger partial charge on any atom is -0.372 e. The standard InChI is InChI=1S/C16H30N2O2/c1-16(2,3)17-8-12-4-5-13(19-12)9-18-10-14-6-7-15(11-18)20-14/h12-15,17H,4-11H2,1-3H3. The van der Waals surface area contributed by atoms with Crippen molar-refractivity contribution in [3.8, 4) is 0 Å². The van der Waals surface area contributed by atoms with E-state index in [1.165, 1.54) is 25.7 Å². The Hall–Kier alpha value is -0.160. The van der Waals surface area contributed by atoms with Gasteiger partial charge in [-0.1, -0.05) is 0 Å². The number of nitrogens with zero attached hydrogens (tertiary/aromatic N) is 1. The van der Waals surface area contributed by atoms with E-state index < -0.39 is 0 Å². The van der Waals surface area contributed by atoms with Crippen molar-refractivity contribution in [3.63, 3.8) is 0 Å². The Kier molecular flexibility index (Phi) is 4.37. The second-order valence-electron chi connectivity index (χ2n) is 7.76. The van der Waals surface area contributed by atoms with Crippen LogP contribution in [0.2, 0.25) is 0 Å². The van der Waals surface area contributed by atoms with Gasteiger partial charge in [-0.25, -0.2) is 0 Å².